The second-order valence-electron chi connectivity index (χ2n) is 4.51. The Morgan fingerprint density at radius 3 is 2.79 bits per heavy atom. The van der Waals surface area contributed by atoms with E-state index in [0.717, 1.165) is 11.1 Å². The number of pyridine rings is 1. The molecular formula is C14H17FN4. The first-order chi connectivity index (χ1) is 9.11. The molecule has 1 atom stereocenters. The molecule has 0 aliphatic heterocycles. The lowest BCUT2D eigenvalue weighted by molar-refractivity contribution is 0.548. The number of nitrogens with two attached hydrogens (primary N) is 2. The Balaban J connectivity index is 2.25. The highest BCUT2D eigenvalue weighted by Gasteiger charge is 2.13. The normalized spacial score (nSPS) is 12.4. The number of benzene rings is 1. The highest BCUT2D eigenvalue weighted by molar-refractivity contribution is 5.45. The monoisotopic (exact) mass is 260 g/mol. The maximum Gasteiger partial charge on any atom is 0.126 e. The smallest absolute Gasteiger partial charge is 0.126 e. The molecule has 0 bridgehead atoms. The van der Waals surface area contributed by atoms with Gasteiger partial charge in [-0.25, -0.2) is 4.39 Å². The standard InChI is InChI=1S/C14H17FN4/c1-9-6-10(2-3-12(9)15)14(19-17)7-11-8-18-5-4-13(11)16/h2-6,8,14,19H,7,17H2,1H3,(H2,16,18). The van der Waals surface area contributed by atoms with E-state index < -0.39 is 0 Å². The average molecular weight is 260 g/mol. The summed E-state index contributed by atoms with van der Waals surface area (Å²) >= 11 is 0. The van der Waals surface area contributed by atoms with E-state index >= 15 is 0 Å². The van der Waals surface area contributed by atoms with Crippen molar-refractivity contribution in [3.05, 3.63) is 59.2 Å². The fourth-order valence-electron chi connectivity index (χ4n) is 1.99. The molecule has 1 unspecified atom stereocenters. The maximum atomic E-state index is 13.3. The minimum Gasteiger partial charge on any atom is -0.398 e. The summed E-state index contributed by atoms with van der Waals surface area (Å²) in [5.41, 5.74) is 11.7. The molecule has 2 rings (SSSR count). The average Bonchev–Trinajstić information content (AvgIpc) is 2.41. The SMILES string of the molecule is Cc1cc(C(Cc2cnccc2N)NN)ccc1F. The molecule has 5 heteroatoms. The summed E-state index contributed by atoms with van der Waals surface area (Å²) in [4.78, 5) is 4.05. The molecule has 0 aliphatic carbocycles. The lowest BCUT2D eigenvalue weighted by Gasteiger charge is -2.18. The molecule has 0 saturated carbocycles. The molecule has 4 nitrogen and oxygen atoms in total. The van der Waals surface area contributed by atoms with Crippen LogP contribution in [0.5, 0.6) is 0 Å². The maximum absolute atomic E-state index is 13.3. The van der Waals surface area contributed by atoms with Gasteiger partial charge in [-0.2, -0.15) is 0 Å². The van der Waals surface area contributed by atoms with E-state index in [-0.39, 0.29) is 11.9 Å². The van der Waals surface area contributed by atoms with Crippen LogP contribution in [0.15, 0.2) is 36.7 Å². The van der Waals surface area contributed by atoms with Gasteiger partial charge in [-0.1, -0.05) is 12.1 Å². The number of hydrazine groups is 1. The minimum absolute atomic E-state index is 0.134. The van der Waals surface area contributed by atoms with Crippen LogP contribution in [0.1, 0.15) is 22.7 Å². The van der Waals surface area contributed by atoms with Crippen molar-refractivity contribution >= 4 is 5.69 Å². The Bertz CT molecular complexity index is 571. The molecule has 1 aromatic carbocycles. The molecule has 1 heterocycles. The molecule has 0 aliphatic rings. The van der Waals surface area contributed by atoms with E-state index in [9.17, 15) is 4.39 Å². The Hall–Kier alpha value is -1.98. The molecule has 2 aromatic rings. The number of nitrogens with zero attached hydrogens (tertiary/aromatic N) is 1. The van der Waals surface area contributed by atoms with Crippen LogP contribution in [0.2, 0.25) is 0 Å². The van der Waals surface area contributed by atoms with Gasteiger partial charge >= 0.3 is 0 Å². The van der Waals surface area contributed by atoms with Gasteiger partial charge in [-0.15, -0.1) is 0 Å². The molecule has 19 heavy (non-hydrogen) atoms. The highest BCUT2D eigenvalue weighted by Crippen LogP contribution is 2.22. The van der Waals surface area contributed by atoms with Gasteiger partial charge in [0.15, 0.2) is 0 Å². The first kappa shape index (κ1) is 13.5. The summed E-state index contributed by atoms with van der Waals surface area (Å²) < 4.78 is 13.3. The third-order valence-corrected chi connectivity index (χ3v) is 3.15. The van der Waals surface area contributed by atoms with Crippen LogP contribution in [0.3, 0.4) is 0 Å². The second kappa shape index (κ2) is 5.77. The zero-order chi connectivity index (χ0) is 13.8. The first-order valence-corrected chi connectivity index (χ1v) is 6.02. The molecule has 0 fully saturated rings. The predicted octanol–water partition coefficient (Wildman–Crippen LogP) is 1.86. The van der Waals surface area contributed by atoms with Gasteiger partial charge in [0.1, 0.15) is 5.82 Å². The van der Waals surface area contributed by atoms with Gasteiger partial charge in [0.05, 0.1) is 6.04 Å². The zero-order valence-corrected chi connectivity index (χ0v) is 10.7. The van der Waals surface area contributed by atoms with E-state index in [1.165, 1.54) is 6.07 Å². The van der Waals surface area contributed by atoms with E-state index in [1.54, 1.807) is 37.5 Å². The highest BCUT2D eigenvalue weighted by atomic mass is 19.1. The molecule has 0 spiro atoms. The Labute approximate surface area is 111 Å². The number of rotatable bonds is 4. The van der Waals surface area contributed by atoms with Crippen molar-refractivity contribution in [1.82, 2.24) is 10.4 Å². The third kappa shape index (κ3) is 3.07. The molecule has 0 amide bonds. The molecule has 0 saturated heterocycles. The molecule has 100 valence electrons. The number of hydrogen-bond donors (Lipinski definition) is 3. The van der Waals surface area contributed by atoms with E-state index in [2.05, 4.69) is 10.4 Å². The van der Waals surface area contributed by atoms with Crippen molar-refractivity contribution in [3.63, 3.8) is 0 Å². The topological polar surface area (TPSA) is 77.0 Å². The van der Waals surface area contributed by atoms with Crippen molar-refractivity contribution in [2.45, 2.75) is 19.4 Å². The van der Waals surface area contributed by atoms with Crippen LogP contribution in [0.4, 0.5) is 10.1 Å². The fraction of sp³-hybridized carbons (Fsp3) is 0.214. The molecule has 1 aromatic heterocycles. The largest absolute Gasteiger partial charge is 0.398 e. The number of halogens is 1. The van der Waals surface area contributed by atoms with Crippen LogP contribution < -0.4 is 17.0 Å². The molecule has 5 N–H and O–H groups in total. The molecular weight excluding hydrogens is 243 g/mol. The number of aromatic nitrogens is 1. The summed E-state index contributed by atoms with van der Waals surface area (Å²) in [5.74, 6) is 5.36. The van der Waals surface area contributed by atoms with Gasteiger partial charge in [-0.05, 0) is 42.2 Å². The van der Waals surface area contributed by atoms with Gasteiger partial charge in [0.2, 0.25) is 0 Å². The Morgan fingerprint density at radius 1 is 1.37 bits per heavy atom. The Kier molecular flexibility index (Phi) is 4.09. The number of nitrogens with one attached hydrogen (secondary N) is 1. The van der Waals surface area contributed by atoms with Gasteiger partial charge in [0, 0.05) is 18.1 Å². The number of anilines is 1. The fourth-order valence-corrected chi connectivity index (χ4v) is 1.99. The van der Waals surface area contributed by atoms with Crippen molar-refractivity contribution in [3.8, 4) is 0 Å². The van der Waals surface area contributed by atoms with Crippen molar-refractivity contribution in [2.24, 2.45) is 5.84 Å². The predicted molar refractivity (Wildman–Crippen MR) is 73.6 cm³/mol. The number of hydrogen-bond acceptors (Lipinski definition) is 4. The summed E-state index contributed by atoms with van der Waals surface area (Å²) in [5, 5.41) is 0. The van der Waals surface area contributed by atoms with E-state index in [0.29, 0.717) is 17.7 Å². The van der Waals surface area contributed by atoms with Crippen LogP contribution in [0, 0.1) is 12.7 Å². The van der Waals surface area contributed by atoms with Crippen molar-refractivity contribution < 1.29 is 4.39 Å². The van der Waals surface area contributed by atoms with Gasteiger partial charge in [-0.3, -0.25) is 16.3 Å². The third-order valence-electron chi connectivity index (χ3n) is 3.15. The summed E-state index contributed by atoms with van der Waals surface area (Å²) in [7, 11) is 0. The zero-order valence-electron chi connectivity index (χ0n) is 10.7. The summed E-state index contributed by atoms with van der Waals surface area (Å²) in [6.45, 7) is 1.73. The van der Waals surface area contributed by atoms with Crippen LogP contribution in [-0.2, 0) is 6.42 Å². The van der Waals surface area contributed by atoms with Crippen molar-refractivity contribution in [1.29, 1.82) is 0 Å². The van der Waals surface area contributed by atoms with Crippen LogP contribution in [0.25, 0.3) is 0 Å². The van der Waals surface area contributed by atoms with E-state index in [4.69, 9.17) is 11.6 Å². The van der Waals surface area contributed by atoms with Crippen LogP contribution >= 0.6 is 0 Å². The van der Waals surface area contributed by atoms with Gasteiger partial charge in [0.25, 0.3) is 0 Å². The summed E-state index contributed by atoms with van der Waals surface area (Å²) in [6, 6.07) is 6.57. The van der Waals surface area contributed by atoms with Gasteiger partial charge < -0.3 is 5.73 Å². The quantitative estimate of drug-likeness (QED) is 0.579. The van der Waals surface area contributed by atoms with Crippen LogP contribution in [-0.4, -0.2) is 4.98 Å². The lowest BCUT2D eigenvalue weighted by atomic mass is 9.98. The second-order valence-corrected chi connectivity index (χ2v) is 4.51. The van der Waals surface area contributed by atoms with Crippen molar-refractivity contribution in [2.75, 3.05) is 5.73 Å². The number of nitrogen functional groups attached to an aromatic ring is 1. The summed E-state index contributed by atoms with van der Waals surface area (Å²) in [6.07, 6.45) is 3.96. The minimum atomic E-state index is -0.222. The molecule has 0 radical (unpaired) electrons. The number of aryl methyl sites for hydroxylation is 1. The first-order valence-electron chi connectivity index (χ1n) is 6.02. The Morgan fingerprint density at radius 2 is 2.16 bits per heavy atom. The lowest BCUT2D eigenvalue weighted by Crippen LogP contribution is -2.30. The van der Waals surface area contributed by atoms with E-state index in [1.807, 2.05) is 0 Å².